The van der Waals surface area contributed by atoms with Crippen molar-refractivity contribution in [3.8, 4) is 0 Å². The molecule has 1 aliphatic rings. The molecule has 0 spiro atoms. The number of benzene rings is 1. The lowest BCUT2D eigenvalue weighted by Crippen LogP contribution is -2.34. The van der Waals surface area contributed by atoms with Gasteiger partial charge in [-0.3, -0.25) is 0 Å². The monoisotopic (exact) mass is 234 g/mol. The van der Waals surface area contributed by atoms with Crippen molar-refractivity contribution in [3.63, 3.8) is 0 Å². The second-order valence-corrected chi connectivity index (χ2v) is 4.78. The molecule has 0 amide bonds. The molecule has 3 N–H and O–H groups in total. The minimum absolute atomic E-state index is 0.438. The second-order valence-electron chi connectivity index (χ2n) is 4.78. The molecule has 0 radical (unpaired) electrons. The van der Waals surface area contributed by atoms with E-state index in [2.05, 4.69) is 24.4 Å². The summed E-state index contributed by atoms with van der Waals surface area (Å²) in [7, 11) is 1.76. The summed E-state index contributed by atoms with van der Waals surface area (Å²) < 4.78 is 5.23. The number of hydrogen-bond donors (Lipinski definition) is 2. The standard InChI is InChI=1S/C14H22N2O/c1-3-12(9-17-2)16-14-7-4-10-8-11(15)5-6-13(10)14/h5-6,8,12,14,16H,3-4,7,9,15H2,1-2H3. The van der Waals surface area contributed by atoms with Gasteiger partial charge in [0, 0.05) is 24.9 Å². The summed E-state index contributed by atoms with van der Waals surface area (Å²) in [5.74, 6) is 0. The normalized spacial score (nSPS) is 20.2. The van der Waals surface area contributed by atoms with Crippen LogP contribution in [0.4, 0.5) is 5.69 Å². The molecule has 1 aliphatic carbocycles. The summed E-state index contributed by atoms with van der Waals surface area (Å²) in [5, 5.41) is 3.68. The van der Waals surface area contributed by atoms with Crippen LogP contribution in [-0.4, -0.2) is 19.8 Å². The maximum atomic E-state index is 5.81. The van der Waals surface area contributed by atoms with Crippen molar-refractivity contribution in [1.82, 2.24) is 5.32 Å². The Morgan fingerprint density at radius 2 is 2.35 bits per heavy atom. The first-order valence-corrected chi connectivity index (χ1v) is 6.38. The van der Waals surface area contributed by atoms with E-state index >= 15 is 0 Å². The molecule has 3 heteroatoms. The molecule has 0 aliphatic heterocycles. The van der Waals surface area contributed by atoms with Crippen molar-refractivity contribution in [3.05, 3.63) is 29.3 Å². The maximum absolute atomic E-state index is 5.81. The summed E-state index contributed by atoms with van der Waals surface area (Å²) in [6, 6.07) is 7.17. The lowest BCUT2D eigenvalue weighted by molar-refractivity contribution is 0.158. The minimum Gasteiger partial charge on any atom is -0.399 e. The molecule has 0 heterocycles. The fourth-order valence-electron chi connectivity index (χ4n) is 2.58. The first-order chi connectivity index (χ1) is 8.24. The number of nitrogens with two attached hydrogens (primary N) is 1. The molecule has 0 saturated heterocycles. The Labute approximate surface area is 103 Å². The van der Waals surface area contributed by atoms with E-state index in [4.69, 9.17) is 10.5 Å². The van der Waals surface area contributed by atoms with Crippen LogP contribution in [0.3, 0.4) is 0 Å². The van der Waals surface area contributed by atoms with Crippen molar-refractivity contribution in [2.24, 2.45) is 0 Å². The number of aryl methyl sites for hydroxylation is 1. The average Bonchev–Trinajstić information content (AvgIpc) is 2.71. The Morgan fingerprint density at radius 1 is 1.53 bits per heavy atom. The van der Waals surface area contributed by atoms with Gasteiger partial charge < -0.3 is 15.8 Å². The van der Waals surface area contributed by atoms with Crippen LogP contribution in [-0.2, 0) is 11.2 Å². The zero-order chi connectivity index (χ0) is 12.3. The summed E-state index contributed by atoms with van der Waals surface area (Å²) >= 11 is 0. The van der Waals surface area contributed by atoms with Crippen LogP contribution in [0.15, 0.2) is 18.2 Å². The van der Waals surface area contributed by atoms with Gasteiger partial charge in [0.05, 0.1) is 6.61 Å². The van der Waals surface area contributed by atoms with E-state index in [1.807, 2.05) is 6.07 Å². The van der Waals surface area contributed by atoms with Gasteiger partial charge >= 0.3 is 0 Å². The molecule has 2 atom stereocenters. The average molecular weight is 234 g/mol. The van der Waals surface area contributed by atoms with Crippen molar-refractivity contribution in [1.29, 1.82) is 0 Å². The molecule has 17 heavy (non-hydrogen) atoms. The largest absolute Gasteiger partial charge is 0.399 e. The van der Waals surface area contributed by atoms with E-state index in [9.17, 15) is 0 Å². The zero-order valence-electron chi connectivity index (χ0n) is 10.7. The Bertz CT molecular complexity index is 378. The van der Waals surface area contributed by atoms with Crippen molar-refractivity contribution < 1.29 is 4.74 Å². The van der Waals surface area contributed by atoms with Crippen LogP contribution >= 0.6 is 0 Å². The van der Waals surface area contributed by atoms with Gasteiger partial charge in [0.15, 0.2) is 0 Å². The van der Waals surface area contributed by atoms with Gasteiger partial charge in [0.1, 0.15) is 0 Å². The molecule has 2 unspecified atom stereocenters. The fourth-order valence-corrected chi connectivity index (χ4v) is 2.58. The molecule has 2 rings (SSSR count). The highest BCUT2D eigenvalue weighted by atomic mass is 16.5. The van der Waals surface area contributed by atoms with Crippen LogP contribution in [0.2, 0.25) is 0 Å². The van der Waals surface area contributed by atoms with E-state index in [0.717, 1.165) is 25.1 Å². The molecule has 1 aromatic carbocycles. The Kier molecular flexibility index (Phi) is 4.02. The third-order valence-electron chi connectivity index (χ3n) is 3.54. The first-order valence-electron chi connectivity index (χ1n) is 6.38. The van der Waals surface area contributed by atoms with Crippen molar-refractivity contribution in [2.45, 2.75) is 38.3 Å². The Balaban J connectivity index is 2.06. The number of nitrogen functional groups attached to an aromatic ring is 1. The Morgan fingerprint density at radius 3 is 3.06 bits per heavy atom. The molecule has 0 fully saturated rings. The molecule has 0 saturated carbocycles. The highest BCUT2D eigenvalue weighted by Crippen LogP contribution is 2.32. The van der Waals surface area contributed by atoms with Gasteiger partial charge in [0.25, 0.3) is 0 Å². The van der Waals surface area contributed by atoms with Crippen molar-refractivity contribution >= 4 is 5.69 Å². The van der Waals surface area contributed by atoms with E-state index in [-0.39, 0.29) is 0 Å². The SMILES string of the molecule is CCC(COC)NC1CCc2cc(N)ccc21. The van der Waals surface area contributed by atoms with Crippen LogP contribution < -0.4 is 11.1 Å². The molecule has 1 aromatic rings. The predicted molar refractivity (Wildman–Crippen MR) is 71.0 cm³/mol. The minimum atomic E-state index is 0.438. The lowest BCUT2D eigenvalue weighted by atomic mass is 10.1. The van der Waals surface area contributed by atoms with Crippen LogP contribution in [0.1, 0.15) is 36.9 Å². The Hall–Kier alpha value is -1.06. The highest BCUT2D eigenvalue weighted by molar-refractivity contribution is 5.47. The molecular weight excluding hydrogens is 212 g/mol. The second kappa shape index (κ2) is 5.52. The first kappa shape index (κ1) is 12.4. The third kappa shape index (κ3) is 2.79. The van der Waals surface area contributed by atoms with Crippen molar-refractivity contribution in [2.75, 3.05) is 19.5 Å². The number of anilines is 1. The quantitative estimate of drug-likeness (QED) is 0.768. The van der Waals surface area contributed by atoms with Gasteiger partial charge in [-0.1, -0.05) is 13.0 Å². The molecular formula is C14H22N2O. The van der Waals surface area contributed by atoms with Gasteiger partial charge in [0.2, 0.25) is 0 Å². The highest BCUT2D eigenvalue weighted by Gasteiger charge is 2.24. The van der Waals surface area contributed by atoms with Gasteiger partial charge in [-0.2, -0.15) is 0 Å². The number of ether oxygens (including phenoxy) is 1. The van der Waals surface area contributed by atoms with E-state index in [1.165, 1.54) is 17.5 Å². The number of methoxy groups -OCH3 is 1. The fraction of sp³-hybridized carbons (Fsp3) is 0.571. The zero-order valence-corrected chi connectivity index (χ0v) is 10.7. The molecule has 0 bridgehead atoms. The van der Waals surface area contributed by atoms with E-state index in [1.54, 1.807) is 7.11 Å². The summed E-state index contributed by atoms with van der Waals surface area (Å²) in [4.78, 5) is 0. The summed E-state index contributed by atoms with van der Waals surface area (Å²) in [5.41, 5.74) is 9.49. The topological polar surface area (TPSA) is 47.3 Å². The van der Waals surface area contributed by atoms with E-state index in [0.29, 0.717) is 12.1 Å². The lowest BCUT2D eigenvalue weighted by Gasteiger charge is -2.22. The molecule has 3 nitrogen and oxygen atoms in total. The van der Waals surface area contributed by atoms with Gasteiger partial charge in [-0.15, -0.1) is 0 Å². The van der Waals surface area contributed by atoms with Gasteiger partial charge in [-0.25, -0.2) is 0 Å². The maximum Gasteiger partial charge on any atom is 0.0615 e. The van der Waals surface area contributed by atoms with Crippen LogP contribution in [0.25, 0.3) is 0 Å². The van der Waals surface area contributed by atoms with Crippen LogP contribution in [0.5, 0.6) is 0 Å². The molecule has 94 valence electrons. The number of hydrogen-bond acceptors (Lipinski definition) is 3. The number of rotatable bonds is 5. The predicted octanol–water partition coefficient (Wildman–Crippen LogP) is 2.27. The smallest absolute Gasteiger partial charge is 0.0615 e. The number of fused-ring (bicyclic) bond motifs is 1. The van der Waals surface area contributed by atoms with Gasteiger partial charge in [-0.05, 0) is 42.5 Å². The third-order valence-corrected chi connectivity index (χ3v) is 3.54. The summed E-state index contributed by atoms with van der Waals surface area (Å²) in [6.45, 7) is 2.97. The molecule has 0 aromatic heterocycles. The van der Waals surface area contributed by atoms with E-state index < -0.39 is 0 Å². The summed E-state index contributed by atoms with van der Waals surface area (Å²) in [6.07, 6.45) is 3.38. The number of nitrogens with one attached hydrogen (secondary N) is 1. The van der Waals surface area contributed by atoms with Crippen LogP contribution in [0, 0.1) is 0 Å².